The van der Waals surface area contributed by atoms with Crippen molar-refractivity contribution in [2.75, 3.05) is 19.8 Å². The summed E-state index contributed by atoms with van der Waals surface area (Å²) in [4.78, 5) is 23.3. The fourth-order valence-corrected chi connectivity index (χ4v) is 4.05. The van der Waals surface area contributed by atoms with Gasteiger partial charge in [-0.3, -0.25) is 9.59 Å². The molecule has 1 aliphatic rings. The number of carbonyl (C=O) groups is 2. The summed E-state index contributed by atoms with van der Waals surface area (Å²) >= 11 is 0. The fraction of sp³-hybridized carbons (Fsp3) is 0.704. The van der Waals surface area contributed by atoms with Gasteiger partial charge in [-0.15, -0.1) is 0 Å². The first-order valence-electron chi connectivity index (χ1n) is 12.6. The van der Waals surface area contributed by atoms with Crippen LogP contribution in [-0.2, 0) is 35.1 Å². The Morgan fingerprint density at radius 1 is 1.03 bits per heavy atom. The lowest BCUT2D eigenvalue weighted by Crippen LogP contribution is -2.47. The number of hydrogen-bond donors (Lipinski definition) is 1. The van der Waals surface area contributed by atoms with Gasteiger partial charge in [0.05, 0.1) is 18.8 Å². The molecule has 0 saturated carbocycles. The number of nitrogens with one attached hydrogen (secondary N) is 1. The molecule has 1 N–H and O–H groups in total. The molecule has 1 aromatic carbocycles. The van der Waals surface area contributed by atoms with E-state index in [0.717, 1.165) is 24.8 Å². The van der Waals surface area contributed by atoms with E-state index in [9.17, 15) is 9.59 Å². The van der Waals surface area contributed by atoms with Crippen LogP contribution in [-0.4, -0.2) is 50.1 Å². The minimum atomic E-state index is -0.299. The van der Waals surface area contributed by atoms with E-state index in [-0.39, 0.29) is 42.9 Å². The monoisotopic (exact) mass is 477 g/mol. The molecule has 7 heteroatoms. The number of benzene rings is 1. The average molecular weight is 478 g/mol. The van der Waals surface area contributed by atoms with Crippen LogP contribution in [0.5, 0.6) is 0 Å². The van der Waals surface area contributed by atoms with Gasteiger partial charge in [0.1, 0.15) is 6.61 Å². The molecule has 1 heterocycles. The molecule has 0 aromatic heterocycles. The molecule has 1 aliphatic heterocycles. The molecule has 0 spiro atoms. The van der Waals surface area contributed by atoms with Gasteiger partial charge in [-0.1, -0.05) is 57.5 Å². The highest BCUT2D eigenvalue weighted by molar-refractivity contribution is 5.75. The van der Waals surface area contributed by atoms with Crippen molar-refractivity contribution in [3.8, 4) is 0 Å². The van der Waals surface area contributed by atoms with E-state index in [0.29, 0.717) is 38.0 Å². The van der Waals surface area contributed by atoms with Gasteiger partial charge in [0.2, 0.25) is 5.91 Å². The highest BCUT2D eigenvalue weighted by Gasteiger charge is 2.40. The zero-order chi connectivity index (χ0) is 24.9. The van der Waals surface area contributed by atoms with Crippen LogP contribution in [0, 0.1) is 17.8 Å². The van der Waals surface area contributed by atoms with Crippen LogP contribution in [0.15, 0.2) is 30.3 Å². The molecular formula is C27H43NO6. The average Bonchev–Trinajstić information content (AvgIpc) is 2.83. The maximum absolute atomic E-state index is 12.1. The van der Waals surface area contributed by atoms with E-state index in [1.54, 1.807) is 0 Å². The minimum absolute atomic E-state index is 0.0372. The quantitative estimate of drug-likeness (QED) is 0.314. The first kappa shape index (κ1) is 28.3. The van der Waals surface area contributed by atoms with Crippen LogP contribution in [0.4, 0.5) is 0 Å². The number of carbonyl (C=O) groups excluding carboxylic acids is 2. The van der Waals surface area contributed by atoms with Crippen molar-refractivity contribution < 1.29 is 28.5 Å². The first-order chi connectivity index (χ1) is 16.3. The molecule has 3 unspecified atom stereocenters. The molecule has 6 atom stereocenters. The van der Waals surface area contributed by atoms with E-state index in [2.05, 4.69) is 26.1 Å². The summed E-state index contributed by atoms with van der Waals surface area (Å²) in [6.45, 7) is 11.7. The van der Waals surface area contributed by atoms with Crippen molar-refractivity contribution in [3.05, 3.63) is 35.9 Å². The highest BCUT2D eigenvalue weighted by atomic mass is 16.7. The van der Waals surface area contributed by atoms with Crippen LogP contribution < -0.4 is 5.32 Å². The van der Waals surface area contributed by atoms with Crippen molar-refractivity contribution in [1.82, 2.24) is 5.32 Å². The summed E-state index contributed by atoms with van der Waals surface area (Å²) in [5.74, 6) is 0.718. The molecule has 0 bridgehead atoms. The largest absolute Gasteiger partial charge is 0.463 e. The topological polar surface area (TPSA) is 83.1 Å². The predicted octanol–water partition coefficient (Wildman–Crippen LogP) is 4.48. The van der Waals surface area contributed by atoms with Gasteiger partial charge in [-0.2, -0.15) is 0 Å². The SMILES string of the molecule is CC(=O)OCC1O[C@@H](OCCCCCC(=O)NCC(C)OCc2ccccc2)[C@@H](C)[C@H](C)C1C. The Morgan fingerprint density at radius 2 is 1.76 bits per heavy atom. The highest BCUT2D eigenvalue weighted by Crippen LogP contribution is 2.35. The summed E-state index contributed by atoms with van der Waals surface area (Å²) < 4.78 is 23.1. The number of amides is 1. The summed E-state index contributed by atoms with van der Waals surface area (Å²) in [6.07, 6.45) is 2.62. The summed E-state index contributed by atoms with van der Waals surface area (Å²) in [6, 6.07) is 10.0. The molecule has 192 valence electrons. The lowest BCUT2D eigenvalue weighted by Gasteiger charge is -2.43. The van der Waals surface area contributed by atoms with E-state index in [1.807, 2.05) is 37.3 Å². The fourth-order valence-electron chi connectivity index (χ4n) is 4.05. The lowest BCUT2D eigenvalue weighted by atomic mass is 9.79. The smallest absolute Gasteiger partial charge is 0.302 e. The molecule has 1 saturated heterocycles. The molecule has 34 heavy (non-hydrogen) atoms. The molecule has 2 rings (SSSR count). The van der Waals surface area contributed by atoms with Crippen LogP contribution in [0.25, 0.3) is 0 Å². The number of rotatable bonds is 14. The summed E-state index contributed by atoms with van der Waals surface area (Å²) in [5.41, 5.74) is 1.12. The molecule has 0 aliphatic carbocycles. The Morgan fingerprint density at radius 3 is 2.47 bits per heavy atom. The molecule has 7 nitrogen and oxygen atoms in total. The normalized spacial score (nSPS) is 25.5. The van der Waals surface area contributed by atoms with Crippen LogP contribution in [0.3, 0.4) is 0 Å². The molecule has 1 aromatic rings. The van der Waals surface area contributed by atoms with Crippen molar-refractivity contribution in [2.24, 2.45) is 17.8 Å². The Balaban J connectivity index is 1.55. The van der Waals surface area contributed by atoms with Gasteiger partial charge in [0.15, 0.2) is 6.29 Å². The van der Waals surface area contributed by atoms with Crippen molar-refractivity contribution in [3.63, 3.8) is 0 Å². The second kappa shape index (κ2) is 15.1. The second-order valence-corrected chi connectivity index (χ2v) is 9.52. The van der Waals surface area contributed by atoms with Gasteiger partial charge >= 0.3 is 5.97 Å². The van der Waals surface area contributed by atoms with Crippen LogP contribution in [0.1, 0.15) is 65.9 Å². The predicted molar refractivity (Wildman–Crippen MR) is 131 cm³/mol. The summed E-state index contributed by atoms with van der Waals surface area (Å²) in [7, 11) is 0. The third-order valence-corrected chi connectivity index (χ3v) is 6.73. The van der Waals surface area contributed by atoms with Gasteiger partial charge < -0.3 is 24.3 Å². The first-order valence-corrected chi connectivity index (χ1v) is 12.6. The van der Waals surface area contributed by atoms with Crippen molar-refractivity contribution >= 4 is 11.9 Å². The number of unbranched alkanes of at least 4 members (excludes halogenated alkanes) is 2. The Hall–Kier alpha value is -1.96. The molecule has 0 radical (unpaired) electrons. The van der Waals surface area contributed by atoms with E-state index in [4.69, 9.17) is 18.9 Å². The standard InChI is InChI=1S/C27H43NO6/c1-19(32-17-24-12-8-6-9-13-24)16-28-26(30)14-10-7-11-15-31-27-22(4)20(2)21(3)25(34-27)18-33-23(5)29/h6,8-9,12-13,19-22,25,27H,7,10-11,14-18H2,1-5H3,(H,28,30)/t19?,20-,21?,22+,25?,27-/m1/s1. The lowest BCUT2D eigenvalue weighted by molar-refractivity contribution is -0.255. The maximum Gasteiger partial charge on any atom is 0.302 e. The van der Waals surface area contributed by atoms with E-state index in [1.165, 1.54) is 6.92 Å². The van der Waals surface area contributed by atoms with Gasteiger partial charge in [-0.05, 0) is 37.2 Å². The van der Waals surface area contributed by atoms with Crippen molar-refractivity contribution in [2.45, 2.75) is 85.4 Å². The van der Waals surface area contributed by atoms with Gasteiger partial charge in [0, 0.05) is 32.4 Å². The van der Waals surface area contributed by atoms with E-state index >= 15 is 0 Å². The van der Waals surface area contributed by atoms with Gasteiger partial charge in [0.25, 0.3) is 0 Å². The Bertz CT molecular complexity index is 727. The van der Waals surface area contributed by atoms with Crippen LogP contribution >= 0.6 is 0 Å². The van der Waals surface area contributed by atoms with Gasteiger partial charge in [-0.25, -0.2) is 0 Å². The zero-order valence-electron chi connectivity index (χ0n) is 21.5. The Kier molecular flexibility index (Phi) is 12.6. The third kappa shape index (κ3) is 10.1. The van der Waals surface area contributed by atoms with E-state index < -0.39 is 0 Å². The summed E-state index contributed by atoms with van der Waals surface area (Å²) in [5, 5.41) is 2.95. The minimum Gasteiger partial charge on any atom is -0.463 e. The third-order valence-electron chi connectivity index (χ3n) is 6.73. The number of esters is 1. The van der Waals surface area contributed by atoms with Crippen molar-refractivity contribution in [1.29, 1.82) is 0 Å². The number of ether oxygens (including phenoxy) is 4. The molecular weight excluding hydrogens is 434 g/mol. The Labute approximate surface area is 204 Å². The zero-order valence-corrected chi connectivity index (χ0v) is 21.5. The molecule has 1 fully saturated rings. The molecule has 1 amide bonds. The second-order valence-electron chi connectivity index (χ2n) is 9.52. The number of hydrogen-bond acceptors (Lipinski definition) is 6. The van der Waals surface area contributed by atoms with Crippen LogP contribution in [0.2, 0.25) is 0 Å². The maximum atomic E-state index is 12.1.